The van der Waals surface area contributed by atoms with Crippen LogP contribution in [0.25, 0.3) is 5.69 Å². The van der Waals surface area contributed by atoms with E-state index in [2.05, 4.69) is 34.3 Å². The molecule has 0 spiro atoms. The molecule has 0 N–H and O–H groups in total. The summed E-state index contributed by atoms with van der Waals surface area (Å²) in [5.41, 5.74) is 1.16. The molecule has 0 atom stereocenters. The summed E-state index contributed by atoms with van der Waals surface area (Å²) in [5.74, 6) is 0.770. The first kappa shape index (κ1) is 18.0. The second kappa shape index (κ2) is 6.84. The first-order valence-corrected chi connectivity index (χ1v) is 10.4. The quantitative estimate of drug-likeness (QED) is 0.827. The second-order valence-electron chi connectivity index (χ2n) is 7.57. The van der Waals surface area contributed by atoms with E-state index >= 15 is 0 Å². The number of nitrogens with zero attached hydrogens (tertiary/aromatic N) is 5. The first-order chi connectivity index (χ1) is 11.7. The molecule has 1 fully saturated rings. The Morgan fingerprint density at radius 1 is 1.12 bits per heavy atom. The molecule has 0 unspecified atom stereocenters. The molecule has 2 aromatic rings. The lowest BCUT2D eigenvalue weighted by Crippen LogP contribution is -2.26. The lowest BCUT2D eigenvalue weighted by Gasteiger charge is -2.22. The minimum Gasteiger partial charge on any atom is -0.296 e. The van der Waals surface area contributed by atoms with Crippen molar-refractivity contribution in [2.45, 2.75) is 44.6 Å². The molecule has 0 aliphatic carbocycles. The van der Waals surface area contributed by atoms with Gasteiger partial charge in [-0.3, -0.25) is 4.90 Å². The van der Waals surface area contributed by atoms with Crippen molar-refractivity contribution in [3.8, 4) is 5.69 Å². The zero-order chi connectivity index (χ0) is 18.1. The van der Waals surface area contributed by atoms with Crippen LogP contribution in [-0.2, 0) is 16.4 Å². The molecule has 1 aliphatic rings. The maximum atomic E-state index is 11.6. The van der Waals surface area contributed by atoms with Gasteiger partial charge in [0.25, 0.3) is 0 Å². The third kappa shape index (κ3) is 4.43. The number of likely N-dealkylation sites (tertiary alicyclic amines) is 1. The molecular formula is C17H25N5O2S. The van der Waals surface area contributed by atoms with Crippen LogP contribution in [-0.4, -0.2) is 52.9 Å². The third-order valence-corrected chi connectivity index (χ3v) is 5.97. The zero-order valence-electron chi connectivity index (χ0n) is 15.0. The van der Waals surface area contributed by atoms with Crippen molar-refractivity contribution in [1.29, 1.82) is 0 Å². The summed E-state index contributed by atoms with van der Waals surface area (Å²) in [7, 11) is -3.21. The van der Waals surface area contributed by atoms with E-state index < -0.39 is 9.84 Å². The molecular weight excluding hydrogens is 338 g/mol. The average molecular weight is 363 g/mol. The monoisotopic (exact) mass is 363 g/mol. The van der Waals surface area contributed by atoms with E-state index in [0.717, 1.165) is 31.0 Å². The second-order valence-corrected chi connectivity index (χ2v) is 9.58. The highest BCUT2D eigenvalue weighted by atomic mass is 32.2. The number of tetrazole rings is 1. The molecule has 8 heteroatoms. The highest BCUT2D eigenvalue weighted by Gasteiger charge is 2.24. The van der Waals surface area contributed by atoms with Crippen molar-refractivity contribution in [3.05, 3.63) is 30.1 Å². The maximum Gasteiger partial charge on any atom is 0.175 e. The molecule has 0 bridgehead atoms. The van der Waals surface area contributed by atoms with Gasteiger partial charge in [-0.2, -0.15) is 4.68 Å². The smallest absolute Gasteiger partial charge is 0.175 e. The van der Waals surface area contributed by atoms with Gasteiger partial charge in [0.2, 0.25) is 0 Å². The molecule has 136 valence electrons. The fourth-order valence-electron chi connectivity index (χ4n) is 3.18. The topological polar surface area (TPSA) is 81.0 Å². The van der Waals surface area contributed by atoms with Gasteiger partial charge in [-0.05, 0) is 72.5 Å². The van der Waals surface area contributed by atoms with Gasteiger partial charge in [-0.1, -0.05) is 13.8 Å². The summed E-state index contributed by atoms with van der Waals surface area (Å²) in [5, 5.41) is 12.0. The van der Waals surface area contributed by atoms with Gasteiger partial charge in [0.05, 0.1) is 17.1 Å². The van der Waals surface area contributed by atoms with E-state index in [1.165, 1.54) is 19.1 Å². The molecule has 0 amide bonds. The maximum absolute atomic E-state index is 11.6. The fraction of sp³-hybridized carbons (Fsp3) is 0.588. The lowest BCUT2D eigenvalue weighted by atomic mass is 9.85. The van der Waals surface area contributed by atoms with Crippen LogP contribution in [0.15, 0.2) is 29.2 Å². The number of hydrogen-bond donors (Lipinski definition) is 0. The van der Waals surface area contributed by atoms with Gasteiger partial charge in [0.15, 0.2) is 15.7 Å². The summed E-state index contributed by atoms with van der Waals surface area (Å²) in [6.07, 6.45) is 4.78. The predicted molar refractivity (Wildman–Crippen MR) is 95.2 cm³/mol. The molecule has 1 aromatic heterocycles. The average Bonchev–Trinajstić information content (AvgIpc) is 2.92. The largest absolute Gasteiger partial charge is 0.296 e. The molecule has 0 saturated carbocycles. The summed E-state index contributed by atoms with van der Waals surface area (Å²) < 4.78 is 24.9. The Morgan fingerprint density at radius 3 is 2.52 bits per heavy atom. The Hall–Kier alpha value is -1.80. The minimum absolute atomic E-state index is 0.292. The molecule has 3 rings (SSSR count). The minimum atomic E-state index is -3.21. The molecule has 1 aliphatic heterocycles. The summed E-state index contributed by atoms with van der Waals surface area (Å²) in [6.45, 7) is 7.42. The number of sulfone groups is 1. The van der Waals surface area contributed by atoms with E-state index in [1.807, 2.05) is 0 Å². The molecule has 0 radical (unpaired) electrons. The van der Waals surface area contributed by atoms with Gasteiger partial charge in [0.1, 0.15) is 0 Å². The van der Waals surface area contributed by atoms with Crippen molar-refractivity contribution in [1.82, 2.24) is 25.1 Å². The standard InChI is InChI=1S/C17H25N5O2S/c1-17(2)9-4-11-21(12-10-17)13-16-18-19-20-22(16)14-5-7-15(8-6-14)25(3,23)24/h5-8H,4,9-13H2,1-3H3. The molecule has 25 heavy (non-hydrogen) atoms. The van der Waals surface area contributed by atoms with Crippen LogP contribution in [0.2, 0.25) is 0 Å². The normalized spacial score (nSPS) is 18.8. The lowest BCUT2D eigenvalue weighted by molar-refractivity contribution is 0.249. The fourth-order valence-corrected chi connectivity index (χ4v) is 3.81. The number of benzene rings is 1. The molecule has 2 heterocycles. The van der Waals surface area contributed by atoms with E-state index in [4.69, 9.17) is 0 Å². The van der Waals surface area contributed by atoms with Gasteiger partial charge < -0.3 is 0 Å². The predicted octanol–water partition coefficient (Wildman–Crippen LogP) is 2.08. The van der Waals surface area contributed by atoms with Crippen molar-refractivity contribution in [2.24, 2.45) is 5.41 Å². The highest BCUT2D eigenvalue weighted by Crippen LogP contribution is 2.30. The van der Waals surface area contributed by atoms with E-state index in [0.29, 0.717) is 16.9 Å². The third-order valence-electron chi connectivity index (χ3n) is 4.84. The molecule has 7 nitrogen and oxygen atoms in total. The Balaban J connectivity index is 1.77. The summed E-state index contributed by atoms with van der Waals surface area (Å²) >= 11 is 0. The van der Waals surface area contributed by atoms with E-state index in [-0.39, 0.29) is 0 Å². The van der Waals surface area contributed by atoms with Crippen LogP contribution < -0.4 is 0 Å². The SMILES string of the molecule is CC1(C)CCCN(Cc2nnnn2-c2ccc(S(C)(=O)=O)cc2)CC1. The van der Waals surface area contributed by atoms with Crippen LogP contribution >= 0.6 is 0 Å². The number of aromatic nitrogens is 4. The Labute approximate surface area is 149 Å². The highest BCUT2D eigenvalue weighted by molar-refractivity contribution is 7.90. The Bertz CT molecular complexity index is 827. The van der Waals surface area contributed by atoms with Gasteiger partial charge in [0, 0.05) is 6.26 Å². The van der Waals surface area contributed by atoms with E-state index in [1.54, 1.807) is 28.9 Å². The van der Waals surface area contributed by atoms with Crippen LogP contribution in [0, 0.1) is 5.41 Å². The van der Waals surface area contributed by atoms with Gasteiger partial charge in [-0.25, -0.2) is 8.42 Å². The number of hydrogen-bond acceptors (Lipinski definition) is 6. The Morgan fingerprint density at radius 2 is 1.84 bits per heavy atom. The summed E-state index contributed by atoms with van der Waals surface area (Å²) in [6, 6.07) is 6.65. The first-order valence-electron chi connectivity index (χ1n) is 8.55. The van der Waals surface area contributed by atoms with Crippen molar-refractivity contribution >= 4 is 9.84 Å². The van der Waals surface area contributed by atoms with Crippen LogP contribution in [0.1, 0.15) is 38.9 Å². The van der Waals surface area contributed by atoms with Crippen molar-refractivity contribution in [2.75, 3.05) is 19.3 Å². The van der Waals surface area contributed by atoms with Crippen LogP contribution in [0.3, 0.4) is 0 Å². The number of rotatable bonds is 4. The molecule has 1 saturated heterocycles. The Kier molecular flexibility index (Phi) is 4.92. The van der Waals surface area contributed by atoms with Crippen molar-refractivity contribution in [3.63, 3.8) is 0 Å². The van der Waals surface area contributed by atoms with Crippen molar-refractivity contribution < 1.29 is 8.42 Å². The van der Waals surface area contributed by atoms with Crippen LogP contribution in [0.4, 0.5) is 0 Å². The van der Waals surface area contributed by atoms with E-state index in [9.17, 15) is 8.42 Å². The van der Waals surface area contributed by atoms with Gasteiger partial charge in [-0.15, -0.1) is 5.10 Å². The molecule has 1 aromatic carbocycles. The van der Waals surface area contributed by atoms with Crippen LogP contribution in [0.5, 0.6) is 0 Å². The zero-order valence-corrected chi connectivity index (χ0v) is 15.8. The van der Waals surface area contributed by atoms with Gasteiger partial charge >= 0.3 is 0 Å². The summed E-state index contributed by atoms with van der Waals surface area (Å²) in [4.78, 5) is 2.68.